The summed E-state index contributed by atoms with van der Waals surface area (Å²) >= 11 is 0. The van der Waals surface area contributed by atoms with Crippen LogP contribution in [0.25, 0.3) is 5.69 Å². The SMILES string of the molecule is CC(C)NCc1ccn(-c2ccc(F)c(F)c2)n1. The monoisotopic (exact) mass is 251 g/mol. The van der Waals surface area contributed by atoms with Gasteiger partial charge in [-0.25, -0.2) is 13.5 Å². The molecular formula is C13H15F2N3. The van der Waals surface area contributed by atoms with Crippen LogP contribution in [-0.4, -0.2) is 15.8 Å². The summed E-state index contributed by atoms with van der Waals surface area (Å²) < 4.78 is 27.4. The summed E-state index contributed by atoms with van der Waals surface area (Å²) in [5.41, 5.74) is 1.36. The molecule has 1 N–H and O–H groups in total. The topological polar surface area (TPSA) is 29.9 Å². The van der Waals surface area contributed by atoms with E-state index >= 15 is 0 Å². The van der Waals surface area contributed by atoms with E-state index in [1.807, 2.05) is 19.9 Å². The average molecular weight is 251 g/mol. The Labute approximate surface area is 104 Å². The third-order valence-corrected chi connectivity index (χ3v) is 2.50. The predicted molar refractivity (Wildman–Crippen MR) is 65.5 cm³/mol. The molecule has 0 atom stereocenters. The van der Waals surface area contributed by atoms with Crippen LogP contribution in [0.15, 0.2) is 30.5 Å². The molecule has 2 rings (SSSR count). The van der Waals surface area contributed by atoms with Crippen molar-refractivity contribution in [3.63, 3.8) is 0 Å². The van der Waals surface area contributed by atoms with Gasteiger partial charge in [0.2, 0.25) is 0 Å². The van der Waals surface area contributed by atoms with Gasteiger partial charge in [0.1, 0.15) is 0 Å². The Bertz CT molecular complexity index is 535. The second-order valence-corrected chi connectivity index (χ2v) is 4.39. The zero-order valence-electron chi connectivity index (χ0n) is 10.3. The molecule has 0 aliphatic heterocycles. The van der Waals surface area contributed by atoms with Gasteiger partial charge in [0.15, 0.2) is 11.6 Å². The van der Waals surface area contributed by atoms with Gasteiger partial charge in [-0.05, 0) is 18.2 Å². The Morgan fingerprint density at radius 2 is 2.00 bits per heavy atom. The molecule has 0 spiro atoms. The minimum atomic E-state index is -0.871. The fraction of sp³-hybridized carbons (Fsp3) is 0.308. The van der Waals surface area contributed by atoms with Crippen molar-refractivity contribution in [2.75, 3.05) is 0 Å². The van der Waals surface area contributed by atoms with Crippen LogP contribution >= 0.6 is 0 Å². The van der Waals surface area contributed by atoms with Crippen LogP contribution in [0, 0.1) is 11.6 Å². The molecule has 2 aromatic rings. The third kappa shape index (κ3) is 2.92. The normalized spacial score (nSPS) is 11.2. The maximum atomic E-state index is 13.1. The van der Waals surface area contributed by atoms with Crippen molar-refractivity contribution in [2.45, 2.75) is 26.4 Å². The molecule has 18 heavy (non-hydrogen) atoms. The van der Waals surface area contributed by atoms with Gasteiger partial charge in [0, 0.05) is 24.8 Å². The molecule has 0 radical (unpaired) electrons. The largest absolute Gasteiger partial charge is 0.309 e. The summed E-state index contributed by atoms with van der Waals surface area (Å²) in [6, 6.07) is 5.93. The number of hydrogen-bond acceptors (Lipinski definition) is 2. The van der Waals surface area contributed by atoms with Crippen LogP contribution in [-0.2, 0) is 6.54 Å². The van der Waals surface area contributed by atoms with Gasteiger partial charge >= 0.3 is 0 Å². The standard InChI is InChI=1S/C13H15F2N3/c1-9(2)16-8-10-5-6-18(17-10)11-3-4-12(14)13(15)7-11/h3-7,9,16H,8H2,1-2H3. The second kappa shape index (κ2) is 5.27. The highest BCUT2D eigenvalue weighted by Gasteiger charge is 2.06. The summed E-state index contributed by atoms with van der Waals surface area (Å²) in [4.78, 5) is 0. The maximum absolute atomic E-state index is 13.1. The molecule has 1 heterocycles. The van der Waals surface area contributed by atoms with Crippen LogP contribution in [0.4, 0.5) is 8.78 Å². The van der Waals surface area contributed by atoms with Crippen LogP contribution in [0.3, 0.4) is 0 Å². The number of halogens is 2. The van der Waals surface area contributed by atoms with E-state index in [9.17, 15) is 8.78 Å². The first-order chi connectivity index (χ1) is 8.56. The molecule has 5 heteroatoms. The van der Waals surface area contributed by atoms with Crippen molar-refractivity contribution in [3.8, 4) is 5.69 Å². The minimum Gasteiger partial charge on any atom is -0.309 e. The van der Waals surface area contributed by atoms with E-state index in [0.29, 0.717) is 18.3 Å². The molecule has 1 aromatic heterocycles. The second-order valence-electron chi connectivity index (χ2n) is 4.39. The summed E-state index contributed by atoms with van der Waals surface area (Å²) in [6.07, 6.45) is 1.73. The van der Waals surface area contributed by atoms with Crippen molar-refractivity contribution in [3.05, 3.63) is 47.8 Å². The molecule has 3 nitrogen and oxygen atoms in total. The summed E-state index contributed by atoms with van der Waals surface area (Å²) in [6.45, 7) is 4.74. The number of nitrogens with one attached hydrogen (secondary N) is 1. The van der Waals surface area contributed by atoms with E-state index in [1.165, 1.54) is 10.7 Å². The number of rotatable bonds is 4. The lowest BCUT2D eigenvalue weighted by Gasteiger charge is -2.05. The first kappa shape index (κ1) is 12.7. The molecule has 0 saturated carbocycles. The van der Waals surface area contributed by atoms with Crippen molar-refractivity contribution in [1.29, 1.82) is 0 Å². The lowest BCUT2D eigenvalue weighted by molar-refractivity contribution is 0.507. The number of nitrogens with zero attached hydrogens (tertiary/aromatic N) is 2. The van der Waals surface area contributed by atoms with E-state index in [-0.39, 0.29) is 0 Å². The predicted octanol–water partition coefficient (Wildman–Crippen LogP) is 2.65. The minimum absolute atomic E-state index is 0.374. The van der Waals surface area contributed by atoms with Gasteiger partial charge in [-0.2, -0.15) is 5.10 Å². The summed E-state index contributed by atoms with van der Waals surface area (Å²) in [5.74, 6) is -1.72. The molecule has 0 saturated heterocycles. The zero-order chi connectivity index (χ0) is 13.1. The Hall–Kier alpha value is -1.75. The van der Waals surface area contributed by atoms with Crippen LogP contribution in [0.5, 0.6) is 0 Å². The van der Waals surface area contributed by atoms with Gasteiger partial charge in [-0.3, -0.25) is 0 Å². The fourth-order valence-electron chi connectivity index (χ4n) is 1.54. The molecule has 0 aliphatic rings. The van der Waals surface area contributed by atoms with E-state index in [1.54, 1.807) is 6.20 Å². The Kier molecular flexibility index (Phi) is 3.72. The van der Waals surface area contributed by atoms with Gasteiger partial charge in [-0.1, -0.05) is 13.8 Å². The third-order valence-electron chi connectivity index (χ3n) is 2.50. The molecule has 0 fully saturated rings. The molecular weight excluding hydrogens is 236 g/mol. The Morgan fingerprint density at radius 3 is 2.67 bits per heavy atom. The highest BCUT2D eigenvalue weighted by molar-refractivity contribution is 5.32. The Balaban J connectivity index is 2.16. The summed E-state index contributed by atoms with van der Waals surface area (Å²) in [5, 5.41) is 7.53. The van der Waals surface area contributed by atoms with Crippen molar-refractivity contribution in [2.24, 2.45) is 0 Å². The van der Waals surface area contributed by atoms with Crippen LogP contribution < -0.4 is 5.32 Å². The molecule has 0 bridgehead atoms. The first-order valence-corrected chi connectivity index (χ1v) is 5.79. The van der Waals surface area contributed by atoms with Crippen molar-refractivity contribution >= 4 is 0 Å². The van der Waals surface area contributed by atoms with Crippen molar-refractivity contribution < 1.29 is 8.78 Å². The van der Waals surface area contributed by atoms with Gasteiger partial charge in [-0.15, -0.1) is 0 Å². The van der Waals surface area contributed by atoms with E-state index < -0.39 is 11.6 Å². The van der Waals surface area contributed by atoms with E-state index in [0.717, 1.165) is 17.8 Å². The number of benzene rings is 1. The first-order valence-electron chi connectivity index (χ1n) is 5.79. The maximum Gasteiger partial charge on any atom is 0.160 e. The smallest absolute Gasteiger partial charge is 0.160 e. The van der Waals surface area contributed by atoms with Gasteiger partial charge in [0.25, 0.3) is 0 Å². The number of hydrogen-bond donors (Lipinski definition) is 1. The average Bonchev–Trinajstić information content (AvgIpc) is 2.79. The Morgan fingerprint density at radius 1 is 1.22 bits per heavy atom. The lowest BCUT2D eigenvalue weighted by Crippen LogP contribution is -2.22. The molecule has 1 aromatic carbocycles. The van der Waals surface area contributed by atoms with Gasteiger partial charge < -0.3 is 5.32 Å². The van der Waals surface area contributed by atoms with E-state index in [2.05, 4.69) is 10.4 Å². The lowest BCUT2D eigenvalue weighted by atomic mass is 10.3. The van der Waals surface area contributed by atoms with Crippen molar-refractivity contribution in [1.82, 2.24) is 15.1 Å². The van der Waals surface area contributed by atoms with E-state index in [4.69, 9.17) is 0 Å². The molecule has 0 amide bonds. The van der Waals surface area contributed by atoms with Crippen LogP contribution in [0.1, 0.15) is 19.5 Å². The molecule has 0 aliphatic carbocycles. The summed E-state index contributed by atoms with van der Waals surface area (Å²) in [7, 11) is 0. The van der Waals surface area contributed by atoms with Crippen LogP contribution in [0.2, 0.25) is 0 Å². The fourth-order valence-corrected chi connectivity index (χ4v) is 1.54. The molecule has 0 unspecified atom stereocenters. The highest BCUT2D eigenvalue weighted by atomic mass is 19.2. The zero-order valence-corrected chi connectivity index (χ0v) is 10.3. The number of aromatic nitrogens is 2. The molecule has 96 valence electrons. The highest BCUT2D eigenvalue weighted by Crippen LogP contribution is 2.12. The van der Waals surface area contributed by atoms with Gasteiger partial charge in [0.05, 0.1) is 11.4 Å². The quantitative estimate of drug-likeness (QED) is 0.905.